The lowest BCUT2D eigenvalue weighted by Crippen LogP contribution is -2.21. The van der Waals surface area contributed by atoms with Crippen LogP contribution in [0, 0.1) is 13.8 Å². The summed E-state index contributed by atoms with van der Waals surface area (Å²) in [6, 6.07) is 13.8. The number of hydrogen-bond acceptors (Lipinski definition) is 1. The Morgan fingerprint density at radius 1 is 0.900 bits per heavy atom. The van der Waals surface area contributed by atoms with Gasteiger partial charge >= 0.3 is 0 Å². The number of anilines is 2. The van der Waals surface area contributed by atoms with E-state index in [2.05, 4.69) is 116 Å². The molecule has 0 aromatic heterocycles. The molecule has 0 amide bonds. The predicted octanol–water partition coefficient (Wildman–Crippen LogP) is 8.91. The van der Waals surface area contributed by atoms with Crippen LogP contribution in [0.4, 0.5) is 11.4 Å². The molecule has 0 saturated carbocycles. The normalized spacial score (nSPS) is 12.8. The second kappa shape index (κ2) is 9.25. The molecule has 0 N–H and O–H groups in total. The molecule has 0 radical (unpaired) electrons. The summed E-state index contributed by atoms with van der Waals surface area (Å²) in [7, 11) is 0. The van der Waals surface area contributed by atoms with Crippen molar-refractivity contribution in [3.8, 4) is 0 Å². The second-order valence-electron chi connectivity index (χ2n) is 9.78. The Bertz CT molecular complexity index is 879. The van der Waals surface area contributed by atoms with Crippen molar-refractivity contribution < 1.29 is 0 Å². The van der Waals surface area contributed by atoms with Crippen molar-refractivity contribution in [3.63, 3.8) is 0 Å². The lowest BCUT2D eigenvalue weighted by molar-refractivity contribution is 0.439. The smallest absolute Gasteiger partial charge is 0.0520 e. The molecular formula is C29H41N. The van der Waals surface area contributed by atoms with E-state index in [9.17, 15) is 0 Å². The maximum Gasteiger partial charge on any atom is 0.0520 e. The van der Waals surface area contributed by atoms with Crippen LogP contribution in [0.3, 0.4) is 0 Å². The summed E-state index contributed by atoms with van der Waals surface area (Å²) in [5.74, 6) is 0. The number of nitrogens with zero attached hydrogens (tertiary/aromatic N) is 1. The molecule has 0 aliphatic carbocycles. The molecule has 0 heterocycles. The van der Waals surface area contributed by atoms with Crippen LogP contribution in [0.2, 0.25) is 0 Å². The molecule has 2 aromatic rings. The summed E-state index contributed by atoms with van der Waals surface area (Å²) in [5.41, 5.74) is 9.25. The Labute approximate surface area is 185 Å². The average molecular weight is 404 g/mol. The number of allylic oxidation sites excluding steroid dienone is 2. The topological polar surface area (TPSA) is 3.24 Å². The highest BCUT2D eigenvalue weighted by atomic mass is 15.1. The van der Waals surface area contributed by atoms with Crippen molar-refractivity contribution in [2.45, 2.75) is 86.0 Å². The van der Waals surface area contributed by atoms with E-state index < -0.39 is 0 Å². The fourth-order valence-corrected chi connectivity index (χ4v) is 4.16. The highest BCUT2D eigenvalue weighted by Gasteiger charge is 2.24. The van der Waals surface area contributed by atoms with Gasteiger partial charge in [-0.3, -0.25) is 0 Å². The first-order valence-corrected chi connectivity index (χ1v) is 11.3. The number of benzene rings is 2. The molecule has 1 heteroatoms. The van der Waals surface area contributed by atoms with E-state index in [1.807, 2.05) is 6.08 Å². The molecule has 0 aliphatic heterocycles. The zero-order valence-electron chi connectivity index (χ0n) is 20.7. The molecule has 0 aliphatic rings. The Morgan fingerprint density at radius 3 is 1.77 bits per heavy atom. The van der Waals surface area contributed by atoms with Crippen LogP contribution >= 0.6 is 0 Å². The van der Waals surface area contributed by atoms with Crippen molar-refractivity contribution >= 4 is 11.4 Å². The van der Waals surface area contributed by atoms with Gasteiger partial charge in [0.2, 0.25) is 0 Å². The largest absolute Gasteiger partial charge is 0.310 e. The quantitative estimate of drug-likeness (QED) is 0.417. The van der Waals surface area contributed by atoms with E-state index in [0.29, 0.717) is 0 Å². The van der Waals surface area contributed by atoms with Gasteiger partial charge in [0.15, 0.2) is 0 Å². The summed E-state index contributed by atoms with van der Waals surface area (Å²) in [6.07, 6.45) is 6.38. The van der Waals surface area contributed by atoms with Gasteiger partial charge in [-0.05, 0) is 84.9 Å². The fraction of sp³-hybridized carbons (Fsp3) is 0.448. The third kappa shape index (κ3) is 4.72. The van der Waals surface area contributed by atoms with Crippen molar-refractivity contribution in [2.75, 3.05) is 4.90 Å². The van der Waals surface area contributed by atoms with Gasteiger partial charge in [-0.2, -0.15) is 0 Å². The summed E-state index contributed by atoms with van der Waals surface area (Å²) >= 11 is 0. The molecule has 30 heavy (non-hydrogen) atoms. The maximum atomic E-state index is 4.09. The van der Waals surface area contributed by atoms with Gasteiger partial charge in [-0.1, -0.05) is 78.5 Å². The lowest BCUT2D eigenvalue weighted by atomic mass is 9.78. The van der Waals surface area contributed by atoms with E-state index in [1.165, 1.54) is 33.6 Å². The van der Waals surface area contributed by atoms with Gasteiger partial charge in [0.05, 0.1) is 5.69 Å². The Morgan fingerprint density at radius 2 is 1.40 bits per heavy atom. The van der Waals surface area contributed by atoms with Crippen molar-refractivity contribution in [3.05, 3.63) is 83.1 Å². The van der Waals surface area contributed by atoms with Crippen LogP contribution in [0.15, 0.2) is 60.8 Å². The van der Waals surface area contributed by atoms with E-state index >= 15 is 0 Å². The van der Waals surface area contributed by atoms with Crippen LogP contribution in [0.1, 0.15) is 83.6 Å². The molecule has 1 nitrogen and oxygen atoms in total. The standard InChI is InChI=1S/C29H41N/c1-11-25(12-2)30(26-17-15-23(16-18-26)29(10,13-3)14-4)27-21(5)19-24(20-22(27)6)28(7,8)9/h11-12,15-20H,1,13-14H2,2-10H3/b25-12+. The minimum Gasteiger partial charge on any atom is -0.310 e. The zero-order chi connectivity index (χ0) is 22.7. The highest BCUT2D eigenvalue weighted by Crippen LogP contribution is 2.39. The van der Waals surface area contributed by atoms with Gasteiger partial charge in [0, 0.05) is 11.4 Å². The van der Waals surface area contributed by atoms with Gasteiger partial charge in [0.25, 0.3) is 0 Å². The molecule has 0 saturated heterocycles. The fourth-order valence-electron chi connectivity index (χ4n) is 4.16. The van der Waals surface area contributed by atoms with Crippen molar-refractivity contribution in [1.82, 2.24) is 0 Å². The Kier molecular flexibility index (Phi) is 7.40. The highest BCUT2D eigenvalue weighted by molar-refractivity contribution is 5.75. The summed E-state index contributed by atoms with van der Waals surface area (Å²) in [5, 5.41) is 0. The van der Waals surface area contributed by atoms with Crippen LogP contribution in [0.5, 0.6) is 0 Å². The monoisotopic (exact) mass is 403 g/mol. The first kappa shape index (κ1) is 24.0. The van der Waals surface area contributed by atoms with E-state index in [4.69, 9.17) is 0 Å². The molecule has 0 atom stereocenters. The lowest BCUT2D eigenvalue weighted by Gasteiger charge is -2.32. The van der Waals surface area contributed by atoms with Crippen LogP contribution in [0.25, 0.3) is 0 Å². The summed E-state index contributed by atoms with van der Waals surface area (Å²) in [4.78, 5) is 2.35. The molecule has 2 aromatic carbocycles. The SMILES string of the molecule is C=C/C(=C\C)N(c1ccc(C(C)(CC)CC)cc1)c1c(C)cc(C(C)(C)C)cc1C. The molecule has 0 bridgehead atoms. The first-order chi connectivity index (χ1) is 14.0. The second-order valence-corrected chi connectivity index (χ2v) is 9.78. The van der Waals surface area contributed by atoms with E-state index in [1.54, 1.807) is 0 Å². The van der Waals surface area contributed by atoms with E-state index in [0.717, 1.165) is 18.5 Å². The molecule has 0 unspecified atom stereocenters. The van der Waals surface area contributed by atoms with Crippen LogP contribution in [-0.2, 0) is 10.8 Å². The predicted molar refractivity (Wildman–Crippen MR) is 135 cm³/mol. The molecular weight excluding hydrogens is 362 g/mol. The van der Waals surface area contributed by atoms with Crippen molar-refractivity contribution in [1.29, 1.82) is 0 Å². The van der Waals surface area contributed by atoms with Crippen molar-refractivity contribution in [2.24, 2.45) is 0 Å². The average Bonchev–Trinajstić information content (AvgIpc) is 2.71. The Balaban J connectivity index is 2.66. The third-order valence-corrected chi connectivity index (χ3v) is 6.73. The van der Waals surface area contributed by atoms with Gasteiger partial charge in [0.1, 0.15) is 0 Å². The molecule has 0 fully saturated rings. The first-order valence-electron chi connectivity index (χ1n) is 11.3. The maximum absolute atomic E-state index is 4.09. The molecule has 0 spiro atoms. The van der Waals surface area contributed by atoms with Crippen LogP contribution < -0.4 is 4.90 Å². The number of hydrogen-bond donors (Lipinski definition) is 0. The Hall–Kier alpha value is -2.28. The minimum absolute atomic E-state index is 0.132. The van der Waals surface area contributed by atoms with Crippen LogP contribution in [-0.4, -0.2) is 0 Å². The van der Waals surface area contributed by atoms with Gasteiger partial charge < -0.3 is 4.90 Å². The van der Waals surface area contributed by atoms with Gasteiger partial charge in [-0.25, -0.2) is 0 Å². The summed E-state index contributed by atoms with van der Waals surface area (Å²) in [6.45, 7) is 24.4. The third-order valence-electron chi connectivity index (χ3n) is 6.73. The minimum atomic E-state index is 0.132. The van der Waals surface area contributed by atoms with Gasteiger partial charge in [-0.15, -0.1) is 0 Å². The zero-order valence-corrected chi connectivity index (χ0v) is 20.7. The number of rotatable bonds is 7. The molecule has 2 rings (SSSR count). The molecule has 162 valence electrons. The van der Waals surface area contributed by atoms with E-state index in [-0.39, 0.29) is 10.8 Å². The number of aryl methyl sites for hydroxylation is 2. The summed E-state index contributed by atoms with van der Waals surface area (Å²) < 4.78 is 0.